The number of aryl methyl sites for hydroxylation is 2. The highest BCUT2D eigenvalue weighted by Gasteiger charge is 2.21. The molecule has 0 bridgehead atoms. The molecule has 3 aromatic rings. The van der Waals surface area contributed by atoms with E-state index in [1.54, 1.807) is 6.92 Å². The standard InChI is InChI=1S/C23H24N4O3/c1-14-10-11-19(15(2)12-14)25-22(29)16(3)27-23(30)21(24-17(4)28)13-20(26-27)18-8-6-5-7-9-18/h5-13,16H,1-4H3,(H,24,28)(H,25,29)/t16-/m1/s1. The van der Waals surface area contributed by atoms with Gasteiger partial charge in [0.25, 0.3) is 5.56 Å². The number of hydrogen-bond acceptors (Lipinski definition) is 4. The van der Waals surface area contributed by atoms with Crippen molar-refractivity contribution >= 4 is 23.2 Å². The molecule has 2 amide bonds. The van der Waals surface area contributed by atoms with Crippen molar-refractivity contribution in [2.24, 2.45) is 0 Å². The highest BCUT2D eigenvalue weighted by molar-refractivity contribution is 5.94. The van der Waals surface area contributed by atoms with E-state index in [2.05, 4.69) is 15.7 Å². The number of carbonyl (C=O) groups is 2. The number of hydrogen-bond donors (Lipinski definition) is 2. The molecular formula is C23H24N4O3. The summed E-state index contributed by atoms with van der Waals surface area (Å²) in [4.78, 5) is 37.4. The van der Waals surface area contributed by atoms with Gasteiger partial charge in [-0.2, -0.15) is 5.10 Å². The van der Waals surface area contributed by atoms with Crippen LogP contribution in [0.5, 0.6) is 0 Å². The molecule has 154 valence electrons. The smallest absolute Gasteiger partial charge is 0.291 e. The molecule has 2 aromatic carbocycles. The van der Waals surface area contributed by atoms with Crippen LogP contribution in [0.2, 0.25) is 0 Å². The molecule has 0 aliphatic carbocycles. The molecule has 0 unspecified atom stereocenters. The predicted octanol–water partition coefficient (Wildman–Crippen LogP) is 3.69. The number of aromatic nitrogens is 2. The quantitative estimate of drug-likeness (QED) is 0.678. The van der Waals surface area contributed by atoms with Gasteiger partial charge in [-0.25, -0.2) is 4.68 Å². The molecule has 1 aromatic heterocycles. The molecule has 0 aliphatic rings. The molecule has 0 fully saturated rings. The first-order valence-corrected chi connectivity index (χ1v) is 9.61. The second-order valence-corrected chi connectivity index (χ2v) is 7.22. The van der Waals surface area contributed by atoms with Crippen LogP contribution in [0.4, 0.5) is 11.4 Å². The van der Waals surface area contributed by atoms with E-state index in [4.69, 9.17) is 0 Å². The van der Waals surface area contributed by atoms with Gasteiger partial charge < -0.3 is 10.6 Å². The Bertz CT molecular complexity index is 1150. The van der Waals surface area contributed by atoms with Crippen LogP contribution < -0.4 is 16.2 Å². The lowest BCUT2D eigenvalue weighted by Crippen LogP contribution is -2.35. The average Bonchev–Trinajstić information content (AvgIpc) is 2.71. The van der Waals surface area contributed by atoms with Crippen molar-refractivity contribution in [3.05, 3.63) is 76.1 Å². The maximum Gasteiger partial charge on any atom is 0.291 e. The Balaban J connectivity index is 2.01. The van der Waals surface area contributed by atoms with E-state index in [0.717, 1.165) is 21.4 Å². The zero-order valence-corrected chi connectivity index (χ0v) is 17.4. The van der Waals surface area contributed by atoms with Crippen LogP contribution in [0.3, 0.4) is 0 Å². The van der Waals surface area contributed by atoms with Crippen LogP contribution in [-0.4, -0.2) is 21.6 Å². The van der Waals surface area contributed by atoms with Crippen LogP contribution in [0, 0.1) is 13.8 Å². The average molecular weight is 404 g/mol. The Hall–Kier alpha value is -3.74. The third-order valence-electron chi connectivity index (χ3n) is 4.70. The number of benzene rings is 2. The summed E-state index contributed by atoms with van der Waals surface area (Å²) in [7, 11) is 0. The molecular weight excluding hydrogens is 380 g/mol. The van der Waals surface area contributed by atoms with Crippen molar-refractivity contribution in [2.45, 2.75) is 33.7 Å². The minimum Gasteiger partial charge on any atom is -0.324 e. The Morgan fingerprint density at radius 1 is 0.967 bits per heavy atom. The van der Waals surface area contributed by atoms with Crippen LogP contribution in [0.25, 0.3) is 11.3 Å². The van der Waals surface area contributed by atoms with Gasteiger partial charge >= 0.3 is 0 Å². The second kappa shape index (κ2) is 8.73. The molecule has 2 N–H and O–H groups in total. The lowest BCUT2D eigenvalue weighted by atomic mass is 10.1. The maximum atomic E-state index is 12.9. The first-order valence-electron chi connectivity index (χ1n) is 9.61. The Morgan fingerprint density at radius 2 is 1.67 bits per heavy atom. The molecule has 1 atom stereocenters. The van der Waals surface area contributed by atoms with Crippen LogP contribution in [-0.2, 0) is 9.59 Å². The van der Waals surface area contributed by atoms with Gasteiger partial charge in [0.2, 0.25) is 11.8 Å². The van der Waals surface area contributed by atoms with Gasteiger partial charge in [0, 0.05) is 18.2 Å². The minimum atomic E-state index is -0.894. The summed E-state index contributed by atoms with van der Waals surface area (Å²) >= 11 is 0. The molecule has 0 aliphatic heterocycles. The maximum absolute atomic E-state index is 12.9. The zero-order valence-electron chi connectivity index (χ0n) is 17.4. The molecule has 3 rings (SSSR count). The number of amides is 2. The van der Waals surface area contributed by atoms with Crippen molar-refractivity contribution in [1.29, 1.82) is 0 Å². The number of nitrogens with one attached hydrogen (secondary N) is 2. The van der Waals surface area contributed by atoms with E-state index in [1.165, 1.54) is 13.0 Å². The monoisotopic (exact) mass is 404 g/mol. The van der Waals surface area contributed by atoms with Crippen molar-refractivity contribution < 1.29 is 9.59 Å². The van der Waals surface area contributed by atoms with Crippen LogP contribution in [0.1, 0.15) is 31.0 Å². The van der Waals surface area contributed by atoms with E-state index >= 15 is 0 Å². The topological polar surface area (TPSA) is 93.1 Å². The predicted molar refractivity (Wildman–Crippen MR) is 117 cm³/mol. The Morgan fingerprint density at radius 3 is 2.30 bits per heavy atom. The van der Waals surface area contributed by atoms with Gasteiger partial charge in [0.15, 0.2) is 0 Å². The SMILES string of the molecule is CC(=O)Nc1cc(-c2ccccc2)nn([C@H](C)C(=O)Nc2ccc(C)cc2C)c1=O. The van der Waals surface area contributed by atoms with E-state index in [-0.39, 0.29) is 17.5 Å². The summed E-state index contributed by atoms with van der Waals surface area (Å²) in [5.74, 6) is -0.758. The highest BCUT2D eigenvalue weighted by Crippen LogP contribution is 2.21. The lowest BCUT2D eigenvalue weighted by molar-refractivity contribution is -0.119. The highest BCUT2D eigenvalue weighted by atomic mass is 16.2. The fraction of sp³-hybridized carbons (Fsp3) is 0.217. The molecule has 0 radical (unpaired) electrons. The third kappa shape index (κ3) is 4.63. The summed E-state index contributed by atoms with van der Waals surface area (Å²) in [5.41, 5.74) is 3.45. The molecule has 1 heterocycles. The van der Waals surface area contributed by atoms with Gasteiger partial charge in [-0.1, -0.05) is 48.0 Å². The third-order valence-corrected chi connectivity index (χ3v) is 4.70. The molecule has 7 nitrogen and oxygen atoms in total. The van der Waals surface area contributed by atoms with Crippen LogP contribution in [0.15, 0.2) is 59.4 Å². The summed E-state index contributed by atoms with van der Waals surface area (Å²) in [6.07, 6.45) is 0. The molecule has 7 heteroatoms. The number of anilines is 2. The molecule has 0 saturated heterocycles. The second-order valence-electron chi connectivity index (χ2n) is 7.22. The normalized spacial score (nSPS) is 11.6. The summed E-state index contributed by atoms with van der Waals surface area (Å²) in [6, 6.07) is 15.6. The summed E-state index contributed by atoms with van der Waals surface area (Å²) in [6.45, 7) is 6.80. The van der Waals surface area contributed by atoms with E-state index in [0.29, 0.717) is 11.4 Å². The summed E-state index contributed by atoms with van der Waals surface area (Å²) in [5, 5.41) is 9.80. The fourth-order valence-corrected chi connectivity index (χ4v) is 3.11. The van der Waals surface area contributed by atoms with E-state index in [1.807, 2.05) is 62.4 Å². The van der Waals surface area contributed by atoms with Crippen molar-refractivity contribution in [3.63, 3.8) is 0 Å². The van der Waals surface area contributed by atoms with Gasteiger partial charge in [0.1, 0.15) is 11.7 Å². The molecule has 0 spiro atoms. The minimum absolute atomic E-state index is 0.0718. The first kappa shape index (κ1) is 21.0. The van der Waals surface area contributed by atoms with Gasteiger partial charge in [-0.3, -0.25) is 14.4 Å². The summed E-state index contributed by atoms with van der Waals surface area (Å²) < 4.78 is 1.10. The van der Waals surface area contributed by atoms with E-state index < -0.39 is 11.6 Å². The Kier molecular flexibility index (Phi) is 6.11. The first-order chi connectivity index (χ1) is 14.3. The Labute approximate surface area is 174 Å². The fourth-order valence-electron chi connectivity index (χ4n) is 3.11. The molecule has 30 heavy (non-hydrogen) atoms. The number of rotatable bonds is 5. The largest absolute Gasteiger partial charge is 0.324 e. The van der Waals surface area contributed by atoms with Gasteiger partial charge in [0.05, 0.1) is 5.69 Å². The zero-order chi connectivity index (χ0) is 21.8. The van der Waals surface area contributed by atoms with E-state index in [9.17, 15) is 14.4 Å². The lowest BCUT2D eigenvalue weighted by Gasteiger charge is -2.17. The van der Waals surface area contributed by atoms with Crippen molar-refractivity contribution in [2.75, 3.05) is 10.6 Å². The van der Waals surface area contributed by atoms with Crippen molar-refractivity contribution in [3.8, 4) is 11.3 Å². The molecule has 0 saturated carbocycles. The van der Waals surface area contributed by atoms with Crippen LogP contribution >= 0.6 is 0 Å². The van der Waals surface area contributed by atoms with Gasteiger partial charge in [-0.15, -0.1) is 0 Å². The number of carbonyl (C=O) groups excluding carboxylic acids is 2. The van der Waals surface area contributed by atoms with Crippen molar-refractivity contribution in [1.82, 2.24) is 9.78 Å². The number of nitrogens with zero attached hydrogens (tertiary/aromatic N) is 2. The van der Waals surface area contributed by atoms with Gasteiger partial charge in [-0.05, 0) is 38.5 Å².